The molecule has 1 heteroatoms. The van der Waals surface area contributed by atoms with Crippen molar-refractivity contribution in [3.05, 3.63) is 34.9 Å². The monoisotopic (exact) mass is 217 g/mol. The van der Waals surface area contributed by atoms with Gasteiger partial charge in [0.2, 0.25) is 0 Å². The molecule has 0 bridgehead atoms. The van der Waals surface area contributed by atoms with Crippen molar-refractivity contribution in [3.8, 4) is 0 Å². The van der Waals surface area contributed by atoms with Gasteiger partial charge in [0.15, 0.2) is 0 Å². The summed E-state index contributed by atoms with van der Waals surface area (Å²) < 4.78 is 0. The van der Waals surface area contributed by atoms with E-state index in [4.69, 9.17) is 0 Å². The summed E-state index contributed by atoms with van der Waals surface area (Å²) in [7, 11) is 2.05. The van der Waals surface area contributed by atoms with E-state index in [1.807, 2.05) is 7.05 Å². The van der Waals surface area contributed by atoms with Crippen molar-refractivity contribution in [2.24, 2.45) is 5.92 Å². The molecule has 0 heterocycles. The Hall–Kier alpha value is -0.820. The molecule has 0 amide bonds. The van der Waals surface area contributed by atoms with Crippen molar-refractivity contribution in [1.82, 2.24) is 5.32 Å². The Morgan fingerprint density at radius 2 is 2.19 bits per heavy atom. The van der Waals surface area contributed by atoms with Crippen molar-refractivity contribution in [2.45, 2.75) is 39.0 Å². The molecule has 1 aliphatic carbocycles. The number of hydrogen-bond acceptors (Lipinski definition) is 1. The Bertz CT molecular complexity index is 356. The van der Waals surface area contributed by atoms with Crippen LogP contribution in [0.3, 0.4) is 0 Å². The van der Waals surface area contributed by atoms with Crippen LogP contribution in [0, 0.1) is 12.8 Å². The van der Waals surface area contributed by atoms with Crippen LogP contribution in [0.15, 0.2) is 18.2 Å². The summed E-state index contributed by atoms with van der Waals surface area (Å²) >= 11 is 0. The van der Waals surface area contributed by atoms with E-state index in [0.717, 1.165) is 18.4 Å². The summed E-state index contributed by atoms with van der Waals surface area (Å²) in [6.07, 6.45) is 3.90. The molecule has 0 saturated carbocycles. The maximum atomic E-state index is 3.28. The molecule has 1 aromatic rings. The zero-order chi connectivity index (χ0) is 11.5. The number of rotatable bonds is 3. The number of benzene rings is 1. The summed E-state index contributed by atoms with van der Waals surface area (Å²) in [5, 5.41) is 3.28. The first kappa shape index (κ1) is 11.7. The van der Waals surface area contributed by atoms with E-state index >= 15 is 0 Å². The molecular weight excluding hydrogens is 194 g/mol. The second kappa shape index (κ2) is 5.01. The molecule has 2 unspecified atom stereocenters. The van der Waals surface area contributed by atoms with Crippen LogP contribution in [0.1, 0.15) is 42.4 Å². The zero-order valence-corrected chi connectivity index (χ0v) is 10.7. The van der Waals surface area contributed by atoms with E-state index in [-0.39, 0.29) is 0 Å². The lowest BCUT2D eigenvalue weighted by Gasteiger charge is -2.31. The fourth-order valence-corrected chi connectivity index (χ4v) is 2.94. The minimum atomic E-state index is 0.761. The van der Waals surface area contributed by atoms with Crippen molar-refractivity contribution in [2.75, 3.05) is 13.6 Å². The van der Waals surface area contributed by atoms with Gasteiger partial charge in [-0.3, -0.25) is 0 Å². The van der Waals surface area contributed by atoms with Gasteiger partial charge in [-0.1, -0.05) is 30.7 Å². The number of nitrogens with one attached hydrogen (secondary N) is 1. The maximum absolute atomic E-state index is 3.28. The van der Waals surface area contributed by atoms with E-state index in [1.54, 1.807) is 11.1 Å². The molecule has 88 valence electrons. The van der Waals surface area contributed by atoms with E-state index in [0.29, 0.717) is 0 Å². The average Bonchev–Trinajstić information content (AvgIpc) is 2.28. The van der Waals surface area contributed by atoms with Crippen LogP contribution in [-0.2, 0) is 6.42 Å². The maximum Gasteiger partial charge on any atom is -0.00460 e. The minimum Gasteiger partial charge on any atom is -0.320 e. The Balaban J connectivity index is 2.25. The van der Waals surface area contributed by atoms with Gasteiger partial charge in [-0.05, 0) is 62.7 Å². The molecule has 0 radical (unpaired) electrons. The molecule has 0 spiro atoms. The van der Waals surface area contributed by atoms with Gasteiger partial charge in [0.05, 0.1) is 0 Å². The zero-order valence-electron chi connectivity index (χ0n) is 10.7. The van der Waals surface area contributed by atoms with Gasteiger partial charge in [-0.25, -0.2) is 0 Å². The first-order valence-corrected chi connectivity index (χ1v) is 6.46. The number of hydrogen-bond donors (Lipinski definition) is 1. The van der Waals surface area contributed by atoms with Crippen LogP contribution in [0.5, 0.6) is 0 Å². The quantitative estimate of drug-likeness (QED) is 0.819. The van der Waals surface area contributed by atoms with E-state index in [1.165, 1.54) is 24.8 Å². The van der Waals surface area contributed by atoms with Gasteiger partial charge in [-0.15, -0.1) is 0 Å². The molecule has 1 nitrogen and oxygen atoms in total. The van der Waals surface area contributed by atoms with Crippen LogP contribution >= 0.6 is 0 Å². The highest BCUT2D eigenvalue weighted by atomic mass is 14.8. The molecular formula is C15H23N. The predicted molar refractivity (Wildman–Crippen MR) is 69.9 cm³/mol. The van der Waals surface area contributed by atoms with Crippen LogP contribution < -0.4 is 5.32 Å². The highest BCUT2D eigenvalue weighted by molar-refractivity contribution is 5.36. The van der Waals surface area contributed by atoms with Gasteiger partial charge in [0.1, 0.15) is 0 Å². The summed E-state index contributed by atoms with van der Waals surface area (Å²) in [6.45, 7) is 5.73. The van der Waals surface area contributed by atoms with Crippen LogP contribution in [-0.4, -0.2) is 13.6 Å². The first-order chi connectivity index (χ1) is 7.72. The molecule has 2 rings (SSSR count). The Kier molecular flexibility index (Phi) is 3.65. The van der Waals surface area contributed by atoms with Crippen molar-refractivity contribution >= 4 is 0 Å². The van der Waals surface area contributed by atoms with Crippen molar-refractivity contribution < 1.29 is 0 Å². The predicted octanol–water partition coefficient (Wildman–Crippen LogP) is 3.27. The lowest BCUT2D eigenvalue weighted by Crippen LogP contribution is -2.22. The fraction of sp³-hybridized carbons (Fsp3) is 0.600. The summed E-state index contributed by atoms with van der Waals surface area (Å²) in [5.74, 6) is 1.60. The van der Waals surface area contributed by atoms with Crippen LogP contribution in [0.4, 0.5) is 0 Å². The smallest absolute Gasteiger partial charge is 0.00460 e. The van der Waals surface area contributed by atoms with E-state index in [2.05, 4.69) is 37.4 Å². The minimum absolute atomic E-state index is 0.761. The molecule has 0 saturated heterocycles. The normalized spacial score (nSPS) is 24.2. The molecule has 16 heavy (non-hydrogen) atoms. The van der Waals surface area contributed by atoms with Gasteiger partial charge < -0.3 is 5.32 Å². The molecule has 1 aliphatic rings. The summed E-state index contributed by atoms with van der Waals surface area (Å²) in [4.78, 5) is 0. The number of aryl methyl sites for hydroxylation is 2. The van der Waals surface area contributed by atoms with Gasteiger partial charge in [0, 0.05) is 0 Å². The molecule has 2 atom stereocenters. The molecule has 1 aromatic carbocycles. The van der Waals surface area contributed by atoms with Crippen LogP contribution in [0.2, 0.25) is 0 Å². The van der Waals surface area contributed by atoms with Gasteiger partial charge in [-0.2, -0.15) is 0 Å². The second-order valence-electron chi connectivity index (χ2n) is 5.22. The second-order valence-corrected chi connectivity index (χ2v) is 5.22. The molecule has 0 fully saturated rings. The topological polar surface area (TPSA) is 12.0 Å². The summed E-state index contributed by atoms with van der Waals surface area (Å²) in [6, 6.07) is 7.01. The highest BCUT2D eigenvalue weighted by Gasteiger charge is 2.25. The third kappa shape index (κ3) is 2.30. The molecule has 1 N–H and O–H groups in total. The third-order valence-corrected chi connectivity index (χ3v) is 3.96. The van der Waals surface area contributed by atoms with Crippen LogP contribution in [0.25, 0.3) is 0 Å². The fourth-order valence-electron chi connectivity index (χ4n) is 2.94. The SMILES string of the molecule is CNCCC1c2ccc(C)cc2CCC1C. The van der Waals surface area contributed by atoms with E-state index in [9.17, 15) is 0 Å². The summed E-state index contributed by atoms with van der Waals surface area (Å²) in [5.41, 5.74) is 4.61. The lowest BCUT2D eigenvalue weighted by molar-refractivity contribution is 0.381. The standard InChI is InChI=1S/C15H23N/c1-11-4-7-15-13(10-11)6-5-12(2)14(15)8-9-16-3/h4,7,10,12,14,16H,5-6,8-9H2,1-3H3. The van der Waals surface area contributed by atoms with Gasteiger partial charge >= 0.3 is 0 Å². The lowest BCUT2D eigenvalue weighted by atomic mass is 9.74. The van der Waals surface area contributed by atoms with Crippen molar-refractivity contribution in [3.63, 3.8) is 0 Å². The largest absolute Gasteiger partial charge is 0.320 e. The Morgan fingerprint density at radius 3 is 2.94 bits per heavy atom. The Morgan fingerprint density at radius 1 is 1.38 bits per heavy atom. The first-order valence-electron chi connectivity index (χ1n) is 6.46. The molecule has 0 aromatic heterocycles. The number of fused-ring (bicyclic) bond motifs is 1. The Labute approximate surface area is 99.3 Å². The van der Waals surface area contributed by atoms with Gasteiger partial charge in [0.25, 0.3) is 0 Å². The molecule has 0 aliphatic heterocycles. The van der Waals surface area contributed by atoms with E-state index < -0.39 is 0 Å². The average molecular weight is 217 g/mol. The highest BCUT2D eigenvalue weighted by Crippen LogP contribution is 2.38. The van der Waals surface area contributed by atoms with Crippen molar-refractivity contribution in [1.29, 1.82) is 0 Å². The third-order valence-electron chi connectivity index (χ3n) is 3.96.